The molecule has 7 heteroatoms. The maximum atomic E-state index is 13.5. The van der Waals surface area contributed by atoms with Crippen LogP contribution in [-0.2, 0) is 0 Å². The third-order valence-electron chi connectivity index (χ3n) is 2.11. The summed E-state index contributed by atoms with van der Waals surface area (Å²) in [6.45, 7) is 1.62. The molecule has 0 atom stereocenters. The van der Waals surface area contributed by atoms with Gasteiger partial charge in [0.15, 0.2) is 11.4 Å². The van der Waals surface area contributed by atoms with Crippen LogP contribution in [0.3, 0.4) is 0 Å². The lowest BCUT2D eigenvalue weighted by atomic mass is 10.1. The zero-order valence-corrected chi connectivity index (χ0v) is 10.5. The third kappa shape index (κ3) is 2.99. The molecule has 0 bridgehead atoms. The topological polar surface area (TPSA) is 85.5 Å². The van der Waals surface area contributed by atoms with Gasteiger partial charge in [0.05, 0.1) is 5.69 Å². The van der Waals surface area contributed by atoms with Gasteiger partial charge in [-0.25, -0.2) is 14.2 Å². The van der Waals surface area contributed by atoms with Gasteiger partial charge in [0.2, 0.25) is 0 Å². The standard InChI is InChI=1S/C11H10FN3O2S/c1-6-3-4-7(12)8(10(16)17)9(6)15-11(18-2)14-5-13/h3-4H,1-2H3,(H,14,15)(H,16,17). The summed E-state index contributed by atoms with van der Waals surface area (Å²) in [6.07, 6.45) is 3.34. The van der Waals surface area contributed by atoms with Crippen LogP contribution in [0.4, 0.5) is 10.1 Å². The molecule has 0 aliphatic heterocycles. The summed E-state index contributed by atoms with van der Waals surface area (Å²) in [5.41, 5.74) is 0.0241. The predicted molar refractivity (Wildman–Crippen MR) is 67.5 cm³/mol. The first kappa shape index (κ1) is 14.0. The molecule has 0 aliphatic rings. The van der Waals surface area contributed by atoms with Crippen molar-refractivity contribution in [1.29, 1.82) is 5.26 Å². The largest absolute Gasteiger partial charge is 0.478 e. The van der Waals surface area contributed by atoms with Gasteiger partial charge in [0.25, 0.3) is 0 Å². The number of amidine groups is 1. The second kappa shape index (κ2) is 6.02. The molecule has 18 heavy (non-hydrogen) atoms. The molecular weight excluding hydrogens is 257 g/mol. The molecule has 0 heterocycles. The first-order chi connectivity index (χ1) is 8.51. The number of rotatable bonds is 2. The quantitative estimate of drug-likeness (QED) is 0.371. The maximum absolute atomic E-state index is 13.5. The van der Waals surface area contributed by atoms with E-state index in [4.69, 9.17) is 10.4 Å². The monoisotopic (exact) mass is 267 g/mol. The van der Waals surface area contributed by atoms with Gasteiger partial charge in [-0.05, 0) is 24.8 Å². The second-order valence-corrected chi connectivity index (χ2v) is 4.05. The molecule has 0 saturated carbocycles. The number of carboxylic acids is 1. The fourth-order valence-electron chi connectivity index (χ4n) is 1.29. The van der Waals surface area contributed by atoms with Crippen LogP contribution in [0.1, 0.15) is 15.9 Å². The molecule has 0 saturated heterocycles. The summed E-state index contributed by atoms with van der Waals surface area (Å²) < 4.78 is 13.5. The smallest absolute Gasteiger partial charge is 0.340 e. The maximum Gasteiger partial charge on any atom is 0.340 e. The highest BCUT2D eigenvalue weighted by Crippen LogP contribution is 2.27. The number of hydrogen-bond donors (Lipinski definition) is 2. The Balaban J connectivity index is 3.44. The molecule has 1 rings (SSSR count). The van der Waals surface area contributed by atoms with Crippen LogP contribution in [0.25, 0.3) is 0 Å². The van der Waals surface area contributed by atoms with Crippen molar-refractivity contribution in [3.63, 3.8) is 0 Å². The number of aliphatic imine (C=N–C) groups is 1. The zero-order valence-electron chi connectivity index (χ0n) is 9.69. The zero-order chi connectivity index (χ0) is 13.7. The summed E-state index contributed by atoms with van der Waals surface area (Å²) in [4.78, 5) is 15.0. The molecule has 0 radical (unpaired) electrons. The first-order valence-electron chi connectivity index (χ1n) is 4.81. The Labute approximate surface area is 107 Å². The molecule has 0 unspecified atom stereocenters. The summed E-state index contributed by atoms with van der Waals surface area (Å²) in [5, 5.41) is 20.0. The number of aryl methyl sites for hydroxylation is 1. The Bertz CT molecular complexity index is 552. The van der Waals surface area contributed by atoms with Crippen molar-refractivity contribution in [3.8, 4) is 6.19 Å². The SMILES string of the molecule is CSC(=Nc1c(C)ccc(F)c1C(=O)O)NC#N. The van der Waals surface area contributed by atoms with Crippen molar-refractivity contribution in [2.75, 3.05) is 6.26 Å². The summed E-state index contributed by atoms with van der Waals surface area (Å²) >= 11 is 1.13. The Morgan fingerprint density at radius 2 is 2.28 bits per heavy atom. The van der Waals surface area contributed by atoms with Gasteiger partial charge in [0.1, 0.15) is 11.4 Å². The molecule has 0 aliphatic carbocycles. The fourth-order valence-corrected chi connectivity index (χ4v) is 1.62. The Morgan fingerprint density at radius 1 is 1.61 bits per heavy atom. The lowest BCUT2D eigenvalue weighted by molar-refractivity contribution is 0.0693. The number of nitrogens with one attached hydrogen (secondary N) is 1. The van der Waals surface area contributed by atoms with Crippen molar-refractivity contribution in [2.45, 2.75) is 6.92 Å². The molecule has 1 aromatic rings. The van der Waals surface area contributed by atoms with Crippen molar-refractivity contribution >= 4 is 28.6 Å². The first-order valence-corrected chi connectivity index (χ1v) is 6.04. The molecule has 0 aromatic heterocycles. The van der Waals surface area contributed by atoms with E-state index in [1.54, 1.807) is 19.4 Å². The minimum atomic E-state index is -1.40. The van der Waals surface area contributed by atoms with Gasteiger partial charge in [-0.1, -0.05) is 17.8 Å². The minimum Gasteiger partial charge on any atom is -0.478 e. The van der Waals surface area contributed by atoms with E-state index in [9.17, 15) is 9.18 Å². The summed E-state index contributed by atoms with van der Waals surface area (Å²) in [7, 11) is 0. The number of halogens is 1. The number of thioether (sulfide) groups is 1. The number of aromatic carboxylic acids is 1. The Hall–Kier alpha value is -2.07. The molecule has 0 spiro atoms. The van der Waals surface area contributed by atoms with E-state index >= 15 is 0 Å². The molecule has 94 valence electrons. The average molecular weight is 267 g/mol. The Morgan fingerprint density at radius 3 is 2.78 bits per heavy atom. The van der Waals surface area contributed by atoms with Gasteiger partial charge < -0.3 is 5.11 Å². The van der Waals surface area contributed by atoms with E-state index in [2.05, 4.69) is 10.3 Å². The van der Waals surface area contributed by atoms with Crippen LogP contribution in [-0.4, -0.2) is 22.5 Å². The lowest BCUT2D eigenvalue weighted by Crippen LogP contribution is -2.13. The number of nitriles is 1. The Kier molecular flexibility index (Phi) is 4.68. The van der Waals surface area contributed by atoms with Gasteiger partial charge in [-0.3, -0.25) is 5.32 Å². The van der Waals surface area contributed by atoms with Crippen molar-refractivity contribution in [2.24, 2.45) is 4.99 Å². The van der Waals surface area contributed by atoms with Crippen LogP contribution in [0, 0.1) is 24.2 Å². The molecule has 0 fully saturated rings. The molecule has 0 amide bonds. The normalized spacial score (nSPS) is 10.9. The third-order valence-corrected chi connectivity index (χ3v) is 2.69. The van der Waals surface area contributed by atoms with E-state index in [1.807, 2.05) is 0 Å². The fraction of sp³-hybridized carbons (Fsp3) is 0.182. The van der Waals surface area contributed by atoms with E-state index < -0.39 is 17.3 Å². The highest BCUT2D eigenvalue weighted by atomic mass is 32.2. The minimum absolute atomic E-state index is 0.00889. The number of hydrogen-bond acceptors (Lipinski definition) is 4. The van der Waals surface area contributed by atoms with Crippen molar-refractivity contribution in [1.82, 2.24) is 5.32 Å². The van der Waals surface area contributed by atoms with Gasteiger partial charge in [-0.2, -0.15) is 5.26 Å². The number of carbonyl (C=O) groups is 1. The molecule has 1 aromatic carbocycles. The van der Waals surface area contributed by atoms with Crippen LogP contribution < -0.4 is 5.32 Å². The van der Waals surface area contributed by atoms with Crippen LogP contribution in [0.2, 0.25) is 0 Å². The lowest BCUT2D eigenvalue weighted by Gasteiger charge is -2.07. The van der Waals surface area contributed by atoms with Crippen LogP contribution in [0.5, 0.6) is 0 Å². The van der Waals surface area contributed by atoms with Crippen LogP contribution in [0.15, 0.2) is 17.1 Å². The predicted octanol–water partition coefficient (Wildman–Crippen LogP) is 2.25. The summed E-state index contributed by atoms with van der Waals surface area (Å²) in [6, 6.07) is 2.51. The van der Waals surface area contributed by atoms with E-state index in [-0.39, 0.29) is 10.9 Å². The number of carboxylic acid groups (broad SMARTS) is 1. The molecule has 5 nitrogen and oxygen atoms in total. The van der Waals surface area contributed by atoms with Gasteiger partial charge in [-0.15, -0.1) is 0 Å². The molecule has 2 N–H and O–H groups in total. The van der Waals surface area contributed by atoms with E-state index in [0.29, 0.717) is 5.56 Å². The van der Waals surface area contributed by atoms with Gasteiger partial charge in [0, 0.05) is 0 Å². The average Bonchev–Trinajstić information content (AvgIpc) is 2.32. The van der Waals surface area contributed by atoms with Gasteiger partial charge >= 0.3 is 5.97 Å². The highest BCUT2D eigenvalue weighted by molar-refractivity contribution is 8.13. The van der Waals surface area contributed by atoms with Crippen molar-refractivity contribution < 1.29 is 14.3 Å². The van der Waals surface area contributed by atoms with E-state index in [1.165, 1.54) is 6.07 Å². The number of benzene rings is 1. The van der Waals surface area contributed by atoms with Crippen LogP contribution >= 0.6 is 11.8 Å². The van der Waals surface area contributed by atoms with Crippen molar-refractivity contribution in [3.05, 3.63) is 29.1 Å². The number of nitrogens with zero attached hydrogens (tertiary/aromatic N) is 2. The van der Waals surface area contributed by atoms with E-state index in [0.717, 1.165) is 17.8 Å². The summed E-state index contributed by atoms with van der Waals surface area (Å²) in [5.74, 6) is -2.25. The molecular formula is C11H10FN3O2S. The highest BCUT2D eigenvalue weighted by Gasteiger charge is 2.18. The second-order valence-electron chi connectivity index (χ2n) is 3.25.